The lowest BCUT2D eigenvalue weighted by Crippen LogP contribution is -2.31. The van der Waals surface area contributed by atoms with Crippen molar-refractivity contribution in [1.82, 2.24) is 10.3 Å². The monoisotopic (exact) mass is 322 g/mol. The fourth-order valence-corrected chi connectivity index (χ4v) is 4.60. The first kappa shape index (κ1) is 13.6. The van der Waals surface area contributed by atoms with Crippen LogP contribution in [0.25, 0.3) is 0 Å². The molecule has 0 saturated heterocycles. The molecule has 0 radical (unpaired) electrons. The van der Waals surface area contributed by atoms with Gasteiger partial charge in [-0.05, 0) is 84.5 Å². The summed E-state index contributed by atoms with van der Waals surface area (Å²) in [6, 6.07) is 2.79. The molecule has 1 N–H and O–H groups in total. The third-order valence-electron chi connectivity index (χ3n) is 5.12. The second-order valence-corrected chi connectivity index (χ2v) is 7.29. The summed E-state index contributed by atoms with van der Waals surface area (Å²) >= 11 is 3.51. The molecule has 19 heavy (non-hydrogen) atoms. The highest BCUT2D eigenvalue weighted by molar-refractivity contribution is 9.10. The predicted molar refractivity (Wildman–Crippen MR) is 82.0 cm³/mol. The van der Waals surface area contributed by atoms with E-state index in [0.29, 0.717) is 6.04 Å². The Morgan fingerprint density at radius 1 is 1.37 bits per heavy atom. The Hall–Kier alpha value is -0.410. The normalized spacial score (nSPS) is 30.7. The molecule has 4 unspecified atom stereocenters. The number of pyridine rings is 1. The van der Waals surface area contributed by atoms with Crippen LogP contribution in [0.5, 0.6) is 0 Å². The molecule has 0 spiro atoms. The lowest BCUT2D eigenvalue weighted by molar-refractivity contribution is 0.281. The van der Waals surface area contributed by atoms with Crippen LogP contribution in [-0.2, 0) is 6.42 Å². The molecular weight excluding hydrogens is 300 g/mol. The first-order valence-electron chi connectivity index (χ1n) is 7.51. The first-order chi connectivity index (χ1) is 9.24. The van der Waals surface area contributed by atoms with Crippen molar-refractivity contribution in [3.63, 3.8) is 0 Å². The molecule has 2 bridgehead atoms. The Morgan fingerprint density at radius 2 is 2.26 bits per heavy atom. The highest BCUT2D eigenvalue weighted by Gasteiger charge is 2.39. The zero-order valence-corrected chi connectivity index (χ0v) is 13.2. The minimum Gasteiger partial charge on any atom is -0.317 e. The van der Waals surface area contributed by atoms with E-state index in [-0.39, 0.29) is 0 Å². The van der Waals surface area contributed by atoms with E-state index in [2.05, 4.69) is 39.3 Å². The van der Waals surface area contributed by atoms with Crippen molar-refractivity contribution >= 4 is 15.9 Å². The fraction of sp³-hybridized carbons (Fsp3) is 0.688. The highest BCUT2D eigenvalue weighted by atomic mass is 79.9. The number of halogens is 1. The van der Waals surface area contributed by atoms with E-state index in [9.17, 15) is 0 Å². The standard InChI is InChI=1S/C16H23BrN2/c1-18-16(7-12-6-15(17)10-19-9-12)8-14-5-11-2-3-13(14)4-11/h6,9-11,13-14,16,18H,2-5,7-8H2,1H3. The van der Waals surface area contributed by atoms with E-state index in [1.54, 1.807) is 0 Å². The smallest absolute Gasteiger partial charge is 0.0410 e. The lowest BCUT2D eigenvalue weighted by atomic mass is 9.83. The average molecular weight is 323 g/mol. The summed E-state index contributed by atoms with van der Waals surface area (Å²) < 4.78 is 1.08. The van der Waals surface area contributed by atoms with Crippen molar-refractivity contribution in [2.24, 2.45) is 17.8 Å². The quantitative estimate of drug-likeness (QED) is 0.891. The van der Waals surface area contributed by atoms with Gasteiger partial charge < -0.3 is 5.32 Å². The van der Waals surface area contributed by atoms with Crippen LogP contribution in [0.4, 0.5) is 0 Å². The van der Waals surface area contributed by atoms with Crippen LogP contribution in [-0.4, -0.2) is 18.1 Å². The fourth-order valence-electron chi connectivity index (χ4n) is 4.19. The maximum atomic E-state index is 4.27. The topological polar surface area (TPSA) is 24.9 Å². The molecule has 3 heteroatoms. The minimum atomic E-state index is 0.598. The van der Waals surface area contributed by atoms with Crippen molar-refractivity contribution in [3.8, 4) is 0 Å². The molecule has 2 aliphatic rings. The van der Waals surface area contributed by atoms with Gasteiger partial charge in [0.25, 0.3) is 0 Å². The van der Waals surface area contributed by atoms with Crippen molar-refractivity contribution < 1.29 is 0 Å². The zero-order valence-electron chi connectivity index (χ0n) is 11.6. The predicted octanol–water partition coefficient (Wildman–Crippen LogP) is 3.80. The van der Waals surface area contributed by atoms with E-state index in [4.69, 9.17) is 0 Å². The summed E-state index contributed by atoms with van der Waals surface area (Å²) in [5.41, 5.74) is 1.33. The summed E-state index contributed by atoms with van der Waals surface area (Å²) in [4.78, 5) is 4.27. The van der Waals surface area contributed by atoms with Crippen LogP contribution in [0, 0.1) is 17.8 Å². The van der Waals surface area contributed by atoms with Crippen LogP contribution in [0.3, 0.4) is 0 Å². The number of fused-ring (bicyclic) bond motifs is 2. The molecule has 0 aliphatic heterocycles. The number of aromatic nitrogens is 1. The third-order valence-corrected chi connectivity index (χ3v) is 5.56. The summed E-state index contributed by atoms with van der Waals surface area (Å²) in [5.74, 6) is 3.05. The molecule has 0 aromatic carbocycles. The molecule has 2 fully saturated rings. The van der Waals surface area contributed by atoms with E-state index < -0.39 is 0 Å². The van der Waals surface area contributed by atoms with Gasteiger partial charge in [-0.1, -0.05) is 6.42 Å². The Bertz CT molecular complexity index is 435. The molecule has 2 saturated carbocycles. The van der Waals surface area contributed by atoms with Crippen LogP contribution >= 0.6 is 15.9 Å². The summed E-state index contributed by atoms with van der Waals surface area (Å²) in [6.45, 7) is 0. The SMILES string of the molecule is CNC(Cc1cncc(Br)c1)CC1CC2CCC1C2. The van der Waals surface area contributed by atoms with Gasteiger partial charge in [0.1, 0.15) is 0 Å². The maximum absolute atomic E-state index is 4.27. The van der Waals surface area contributed by atoms with Gasteiger partial charge in [0.05, 0.1) is 0 Å². The van der Waals surface area contributed by atoms with Crippen LogP contribution in [0.15, 0.2) is 22.9 Å². The van der Waals surface area contributed by atoms with Crippen molar-refractivity contribution in [3.05, 3.63) is 28.5 Å². The van der Waals surface area contributed by atoms with Gasteiger partial charge in [-0.25, -0.2) is 0 Å². The van der Waals surface area contributed by atoms with E-state index >= 15 is 0 Å². The molecular formula is C16H23BrN2. The first-order valence-corrected chi connectivity index (χ1v) is 8.30. The van der Waals surface area contributed by atoms with E-state index in [0.717, 1.165) is 28.6 Å². The molecule has 2 nitrogen and oxygen atoms in total. The van der Waals surface area contributed by atoms with Crippen LogP contribution < -0.4 is 5.32 Å². The van der Waals surface area contributed by atoms with Gasteiger partial charge in [0.15, 0.2) is 0 Å². The van der Waals surface area contributed by atoms with E-state index in [1.165, 1.54) is 37.7 Å². The molecule has 0 amide bonds. The Labute approximate surface area is 124 Å². The number of hydrogen-bond donors (Lipinski definition) is 1. The number of likely N-dealkylation sites (N-methyl/N-ethyl adjacent to an activating group) is 1. The molecule has 2 aliphatic carbocycles. The van der Waals surface area contributed by atoms with Crippen molar-refractivity contribution in [1.29, 1.82) is 0 Å². The third kappa shape index (κ3) is 3.19. The molecule has 1 aromatic heterocycles. The molecule has 1 aromatic rings. The maximum Gasteiger partial charge on any atom is 0.0410 e. The number of nitrogens with one attached hydrogen (secondary N) is 1. The summed E-state index contributed by atoms with van der Waals surface area (Å²) in [7, 11) is 2.10. The van der Waals surface area contributed by atoms with Gasteiger partial charge in [-0.3, -0.25) is 4.98 Å². The Kier molecular flexibility index (Phi) is 4.23. The summed E-state index contributed by atoms with van der Waals surface area (Å²) in [5, 5.41) is 3.51. The van der Waals surface area contributed by atoms with Gasteiger partial charge in [-0.15, -0.1) is 0 Å². The number of rotatable bonds is 5. The van der Waals surface area contributed by atoms with Gasteiger partial charge in [0.2, 0.25) is 0 Å². The largest absolute Gasteiger partial charge is 0.317 e. The molecule has 4 atom stereocenters. The van der Waals surface area contributed by atoms with Crippen LogP contribution in [0.1, 0.15) is 37.7 Å². The highest BCUT2D eigenvalue weighted by Crippen LogP contribution is 2.49. The summed E-state index contributed by atoms with van der Waals surface area (Å²) in [6.07, 6.45) is 12.3. The molecule has 3 rings (SSSR count). The average Bonchev–Trinajstić information content (AvgIpc) is 3.00. The van der Waals surface area contributed by atoms with Gasteiger partial charge in [0, 0.05) is 22.9 Å². The Morgan fingerprint density at radius 3 is 2.89 bits per heavy atom. The van der Waals surface area contributed by atoms with Gasteiger partial charge in [-0.2, -0.15) is 0 Å². The second-order valence-electron chi connectivity index (χ2n) is 6.37. The Balaban J connectivity index is 1.59. The molecule has 1 heterocycles. The number of hydrogen-bond acceptors (Lipinski definition) is 2. The zero-order chi connectivity index (χ0) is 13.2. The van der Waals surface area contributed by atoms with Gasteiger partial charge >= 0.3 is 0 Å². The van der Waals surface area contributed by atoms with Crippen molar-refractivity contribution in [2.45, 2.75) is 44.6 Å². The minimum absolute atomic E-state index is 0.598. The van der Waals surface area contributed by atoms with Crippen LogP contribution in [0.2, 0.25) is 0 Å². The molecule has 104 valence electrons. The van der Waals surface area contributed by atoms with E-state index in [1.807, 2.05) is 12.4 Å². The number of nitrogens with zero attached hydrogens (tertiary/aromatic N) is 1. The lowest BCUT2D eigenvalue weighted by Gasteiger charge is -2.26. The second kappa shape index (κ2) is 5.92. The van der Waals surface area contributed by atoms with Crippen molar-refractivity contribution in [2.75, 3.05) is 7.05 Å².